The number of aliphatic hydroxyl groups excluding tert-OH is 1. The lowest BCUT2D eigenvalue weighted by Gasteiger charge is -2.12. The molecule has 0 spiro atoms. The van der Waals surface area contributed by atoms with Gasteiger partial charge in [0.1, 0.15) is 19.3 Å². The van der Waals surface area contributed by atoms with Gasteiger partial charge in [0.15, 0.2) is 0 Å². The van der Waals surface area contributed by atoms with Gasteiger partial charge in [-0.1, -0.05) is 168 Å². The monoisotopic (exact) mass is 583 g/mol. The zero-order valence-electron chi connectivity index (χ0n) is 27.7. The molecule has 0 aliphatic carbocycles. The summed E-state index contributed by atoms with van der Waals surface area (Å²) in [4.78, 5) is 23.8. The van der Waals surface area contributed by atoms with Crippen molar-refractivity contribution in [3.05, 3.63) is 0 Å². The van der Waals surface area contributed by atoms with Crippen LogP contribution in [-0.2, 0) is 19.1 Å². The molecule has 0 fully saturated rings. The van der Waals surface area contributed by atoms with Crippen molar-refractivity contribution in [2.45, 2.75) is 200 Å². The number of carbonyl (C=O) groups is 2. The van der Waals surface area contributed by atoms with Crippen LogP contribution < -0.4 is 0 Å². The first-order valence-electron chi connectivity index (χ1n) is 17.9. The Morgan fingerprint density at radius 3 is 1.10 bits per heavy atom. The molecule has 0 saturated carbocycles. The Kier molecular flexibility index (Phi) is 31.0. The molecule has 0 amide bonds. The van der Waals surface area contributed by atoms with Crippen LogP contribution in [0.25, 0.3) is 0 Å². The maximum Gasteiger partial charge on any atom is 0.305 e. The van der Waals surface area contributed by atoms with Crippen LogP contribution >= 0.6 is 0 Å². The molecule has 0 aromatic heterocycles. The number of ether oxygens (including phenoxy) is 2. The molecular formula is C36H70O5. The molecule has 0 aromatic carbocycles. The summed E-state index contributed by atoms with van der Waals surface area (Å²) in [5, 5.41) is 9.95. The minimum absolute atomic E-state index is 0.110. The van der Waals surface area contributed by atoms with Crippen LogP contribution in [-0.4, -0.2) is 36.4 Å². The fraction of sp³-hybridized carbons (Fsp3) is 0.944. The van der Waals surface area contributed by atoms with Gasteiger partial charge < -0.3 is 14.6 Å². The lowest BCUT2D eigenvalue weighted by atomic mass is 10.0. The normalized spacial score (nSPS) is 12.1. The summed E-state index contributed by atoms with van der Waals surface area (Å²) < 4.78 is 10.3. The van der Waals surface area contributed by atoms with Crippen molar-refractivity contribution in [2.24, 2.45) is 5.92 Å². The highest BCUT2D eigenvalue weighted by atomic mass is 16.6. The molecule has 5 heteroatoms. The number of aliphatic hydroxyl groups is 1. The Morgan fingerprint density at radius 2 is 0.780 bits per heavy atom. The van der Waals surface area contributed by atoms with Crippen LogP contribution in [0.4, 0.5) is 0 Å². The summed E-state index contributed by atoms with van der Waals surface area (Å²) >= 11 is 0. The molecule has 0 aliphatic heterocycles. The minimum Gasteiger partial charge on any atom is -0.463 e. The van der Waals surface area contributed by atoms with E-state index in [2.05, 4.69) is 20.8 Å². The summed E-state index contributed by atoms with van der Waals surface area (Å²) in [6.45, 7) is 6.58. The van der Waals surface area contributed by atoms with Gasteiger partial charge in [-0.15, -0.1) is 0 Å². The summed E-state index contributed by atoms with van der Waals surface area (Å²) in [5.74, 6) is 0.219. The lowest BCUT2D eigenvalue weighted by molar-refractivity contribution is -0.152. The smallest absolute Gasteiger partial charge is 0.305 e. The van der Waals surface area contributed by atoms with Gasteiger partial charge in [0.2, 0.25) is 0 Å². The first-order chi connectivity index (χ1) is 20.0. The Bertz CT molecular complexity index is 562. The van der Waals surface area contributed by atoms with Crippen molar-refractivity contribution in [1.82, 2.24) is 0 Å². The zero-order chi connectivity index (χ0) is 30.2. The van der Waals surface area contributed by atoms with Crippen molar-refractivity contribution in [3.8, 4) is 0 Å². The summed E-state index contributed by atoms with van der Waals surface area (Å²) in [7, 11) is 0. The molecule has 5 nitrogen and oxygen atoms in total. The van der Waals surface area contributed by atoms with Gasteiger partial charge in [-0.2, -0.15) is 0 Å². The van der Waals surface area contributed by atoms with E-state index in [0.717, 1.165) is 38.0 Å². The highest BCUT2D eigenvalue weighted by Gasteiger charge is 2.12. The number of carbonyl (C=O) groups excluding carboxylic acids is 2. The van der Waals surface area contributed by atoms with Gasteiger partial charge >= 0.3 is 11.9 Å². The first kappa shape index (κ1) is 39.9. The van der Waals surface area contributed by atoms with E-state index in [1.54, 1.807) is 0 Å². The molecule has 0 bridgehead atoms. The average molecular weight is 583 g/mol. The highest BCUT2D eigenvalue weighted by molar-refractivity contribution is 5.69. The SMILES string of the molecule is CCCCCCCCCCCCCCCCCCCCC(=O)OC[C@@H](O)COC(=O)CCCCCCCCC(C)C. The van der Waals surface area contributed by atoms with E-state index in [-0.39, 0.29) is 25.2 Å². The second-order valence-electron chi connectivity index (χ2n) is 12.8. The number of rotatable bonds is 32. The topological polar surface area (TPSA) is 72.8 Å². The third-order valence-corrected chi connectivity index (χ3v) is 8.02. The molecule has 1 N–H and O–H groups in total. The second kappa shape index (κ2) is 31.8. The second-order valence-corrected chi connectivity index (χ2v) is 12.8. The molecule has 0 heterocycles. The summed E-state index contributed by atoms with van der Waals surface area (Å²) in [6, 6.07) is 0. The van der Waals surface area contributed by atoms with E-state index in [1.165, 1.54) is 128 Å². The largest absolute Gasteiger partial charge is 0.463 e. The average Bonchev–Trinajstić information content (AvgIpc) is 2.95. The number of hydrogen-bond donors (Lipinski definition) is 1. The lowest BCUT2D eigenvalue weighted by Crippen LogP contribution is -2.25. The molecule has 244 valence electrons. The predicted molar refractivity (Wildman–Crippen MR) is 173 cm³/mol. The van der Waals surface area contributed by atoms with Crippen LogP contribution in [0.2, 0.25) is 0 Å². The molecule has 0 unspecified atom stereocenters. The third kappa shape index (κ3) is 33.3. The van der Waals surface area contributed by atoms with Crippen molar-refractivity contribution in [2.75, 3.05) is 13.2 Å². The van der Waals surface area contributed by atoms with Gasteiger partial charge in [-0.3, -0.25) is 9.59 Å². The van der Waals surface area contributed by atoms with E-state index in [9.17, 15) is 14.7 Å². The first-order valence-corrected chi connectivity index (χ1v) is 17.9. The van der Waals surface area contributed by atoms with Gasteiger partial charge in [-0.25, -0.2) is 0 Å². The third-order valence-electron chi connectivity index (χ3n) is 8.02. The Balaban J connectivity index is 3.37. The van der Waals surface area contributed by atoms with Crippen molar-refractivity contribution >= 4 is 11.9 Å². The standard InChI is InChI=1S/C36H70O5/c1-4-5-6-7-8-9-10-11-12-13-14-15-16-17-18-19-23-26-29-35(38)40-31-34(37)32-41-36(39)30-27-24-21-20-22-25-28-33(2)3/h33-34,37H,4-32H2,1-3H3/t34-/m1/s1. The van der Waals surface area contributed by atoms with Gasteiger partial charge in [-0.05, 0) is 18.8 Å². The van der Waals surface area contributed by atoms with E-state index < -0.39 is 6.10 Å². The molecule has 41 heavy (non-hydrogen) atoms. The predicted octanol–water partition coefficient (Wildman–Crippen LogP) is 10.6. The fourth-order valence-electron chi connectivity index (χ4n) is 5.27. The number of unbranched alkanes of at least 4 members (excludes halogenated alkanes) is 22. The van der Waals surface area contributed by atoms with E-state index >= 15 is 0 Å². The van der Waals surface area contributed by atoms with Crippen LogP contribution in [0.15, 0.2) is 0 Å². The number of hydrogen-bond acceptors (Lipinski definition) is 5. The minimum atomic E-state index is -0.954. The molecular weight excluding hydrogens is 512 g/mol. The van der Waals surface area contributed by atoms with E-state index in [1.807, 2.05) is 0 Å². The van der Waals surface area contributed by atoms with Crippen molar-refractivity contribution < 1.29 is 24.2 Å². The van der Waals surface area contributed by atoms with Crippen molar-refractivity contribution in [3.63, 3.8) is 0 Å². The zero-order valence-corrected chi connectivity index (χ0v) is 27.7. The van der Waals surface area contributed by atoms with Gasteiger partial charge in [0, 0.05) is 12.8 Å². The Hall–Kier alpha value is -1.10. The number of esters is 2. The van der Waals surface area contributed by atoms with Gasteiger partial charge in [0.25, 0.3) is 0 Å². The Labute approximate surface area is 255 Å². The molecule has 0 radical (unpaired) electrons. The molecule has 0 aromatic rings. The molecule has 0 rings (SSSR count). The molecule has 0 saturated heterocycles. The van der Waals surface area contributed by atoms with Gasteiger partial charge in [0.05, 0.1) is 0 Å². The summed E-state index contributed by atoms with van der Waals surface area (Å²) in [6.07, 6.45) is 31.7. The van der Waals surface area contributed by atoms with Crippen LogP contribution in [0, 0.1) is 5.92 Å². The van der Waals surface area contributed by atoms with Crippen LogP contribution in [0.1, 0.15) is 194 Å². The molecule has 1 atom stereocenters. The highest BCUT2D eigenvalue weighted by Crippen LogP contribution is 2.15. The fourth-order valence-corrected chi connectivity index (χ4v) is 5.27. The Morgan fingerprint density at radius 1 is 0.488 bits per heavy atom. The van der Waals surface area contributed by atoms with Crippen LogP contribution in [0.5, 0.6) is 0 Å². The maximum absolute atomic E-state index is 11.9. The summed E-state index contributed by atoms with van der Waals surface area (Å²) in [5.41, 5.74) is 0. The maximum atomic E-state index is 11.9. The molecule has 0 aliphatic rings. The quantitative estimate of drug-likeness (QED) is 0.0631. The van der Waals surface area contributed by atoms with Crippen molar-refractivity contribution in [1.29, 1.82) is 0 Å². The van der Waals surface area contributed by atoms with Crippen LogP contribution in [0.3, 0.4) is 0 Å². The van der Waals surface area contributed by atoms with E-state index in [0.29, 0.717) is 12.8 Å². The van der Waals surface area contributed by atoms with E-state index in [4.69, 9.17) is 9.47 Å².